The number of hydrogen-bond donors (Lipinski definition) is 1. The fourth-order valence-corrected chi connectivity index (χ4v) is 1.22. The van der Waals surface area contributed by atoms with Crippen molar-refractivity contribution >= 4 is 5.69 Å². The fourth-order valence-electron chi connectivity index (χ4n) is 1.22. The first-order chi connectivity index (χ1) is 6.17. The molecule has 3 heteroatoms. The quantitative estimate of drug-likeness (QED) is 0.716. The number of aromatic nitrogens is 2. The number of hydrogen-bond acceptors (Lipinski definition) is 2. The lowest BCUT2D eigenvalue weighted by molar-refractivity contribution is 0.746. The van der Waals surface area contributed by atoms with Gasteiger partial charge >= 0.3 is 0 Å². The van der Waals surface area contributed by atoms with Gasteiger partial charge in [0.25, 0.3) is 0 Å². The third-order valence-corrected chi connectivity index (χ3v) is 1.98. The van der Waals surface area contributed by atoms with Crippen LogP contribution in [0.4, 0.5) is 5.69 Å². The molecule has 1 rings (SSSR count). The number of rotatable bonds is 4. The molecule has 0 aliphatic rings. The fraction of sp³-hybridized carbons (Fsp3) is 0.500. The van der Waals surface area contributed by atoms with Crippen molar-refractivity contribution in [2.24, 2.45) is 7.05 Å². The summed E-state index contributed by atoms with van der Waals surface area (Å²) in [5.41, 5.74) is 2.22. The van der Waals surface area contributed by atoms with E-state index in [0.29, 0.717) is 0 Å². The van der Waals surface area contributed by atoms with Gasteiger partial charge < -0.3 is 5.32 Å². The second-order valence-corrected chi connectivity index (χ2v) is 3.19. The molecule has 0 aliphatic heterocycles. The van der Waals surface area contributed by atoms with Gasteiger partial charge in [0.05, 0.1) is 11.4 Å². The van der Waals surface area contributed by atoms with Gasteiger partial charge in [0, 0.05) is 19.3 Å². The average Bonchev–Trinajstić information content (AvgIpc) is 2.46. The van der Waals surface area contributed by atoms with Gasteiger partial charge in [-0.2, -0.15) is 5.10 Å². The monoisotopic (exact) mass is 179 g/mol. The van der Waals surface area contributed by atoms with Crippen LogP contribution in [0.1, 0.15) is 19.5 Å². The number of aryl methyl sites for hydroxylation is 2. The summed E-state index contributed by atoms with van der Waals surface area (Å²) < 4.78 is 1.83. The van der Waals surface area contributed by atoms with E-state index in [0.717, 1.165) is 17.8 Å². The molecular weight excluding hydrogens is 162 g/mol. The third-order valence-electron chi connectivity index (χ3n) is 1.98. The van der Waals surface area contributed by atoms with Crippen LogP contribution >= 0.6 is 0 Å². The summed E-state index contributed by atoms with van der Waals surface area (Å²) >= 11 is 0. The van der Waals surface area contributed by atoms with Gasteiger partial charge in [-0.05, 0) is 13.3 Å². The van der Waals surface area contributed by atoms with Crippen LogP contribution in [-0.4, -0.2) is 15.8 Å². The second-order valence-electron chi connectivity index (χ2n) is 3.19. The van der Waals surface area contributed by atoms with E-state index in [1.807, 2.05) is 24.0 Å². The van der Waals surface area contributed by atoms with Crippen molar-refractivity contribution in [3.05, 3.63) is 24.5 Å². The normalized spacial score (nSPS) is 12.5. The Bertz CT molecular complexity index is 288. The van der Waals surface area contributed by atoms with Gasteiger partial charge in [-0.15, -0.1) is 6.58 Å². The smallest absolute Gasteiger partial charge is 0.0853 e. The van der Waals surface area contributed by atoms with Crippen LogP contribution in [0.5, 0.6) is 0 Å². The highest BCUT2D eigenvalue weighted by atomic mass is 15.3. The minimum atomic E-state index is 0.287. The lowest BCUT2D eigenvalue weighted by Crippen LogP contribution is -2.11. The number of anilines is 1. The maximum absolute atomic E-state index is 4.34. The van der Waals surface area contributed by atoms with Crippen molar-refractivity contribution in [3.63, 3.8) is 0 Å². The van der Waals surface area contributed by atoms with Crippen molar-refractivity contribution in [1.82, 2.24) is 9.78 Å². The molecule has 72 valence electrons. The molecule has 0 saturated heterocycles. The molecule has 1 atom stereocenters. The summed E-state index contributed by atoms with van der Waals surface area (Å²) in [6.45, 7) is 7.90. The highest BCUT2D eigenvalue weighted by molar-refractivity contribution is 5.47. The molecule has 13 heavy (non-hydrogen) atoms. The molecular formula is C10H17N3. The zero-order chi connectivity index (χ0) is 9.84. The Kier molecular flexibility index (Phi) is 3.12. The maximum Gasteiger partial charge on any atom is 0.0853 e. The molecule has 0 radical (unpaired) electrons. The molecule has 0 fully saturated rings. The van der Waals surface area contributed by atoms with Gasteiger partial charge in [-0.25, -0.2) is 0 Å². The van der Waals surface area contributed by atoms with Crippen molar-refractivity contribution in [2.75, 3.05) is 5.32 Å². The molecule has 3 nitrogen and oxygen atoms in total. The summed E-state index contributed by atoms with van der Waals surface area (Å²) in [4.78, 5) is 0. The van der Waals surface area contributed by atoms with Crippen LogP contribution in [-0.2, 0) is 13.5 Å². The standard InChI is InChI=1S/C10H17N3/c1-5-8(3)11-10-7-13(4)12-9(10)6-2/h5,7-8,11H,1,6H2,2-4H3. The Morgan fingerprint density at radius 2 is 2.46 bits per heavy atom. The molecule has 0 amide bonds. The first-order valence-electron chi connectivity index (χ1n) is 4.59. The third kappa shape index (κ3) is 2.34. The molecule has 1 N–H and O–H groups in total. The molecule has 0 aliphatic carbocycles. The molecule has 0 bridgehead atoms. The maximum atomic E-state index is 4.34. The van der Waals surface area contributed by atoms with E-state index in [9.17, 15) is 0 Å². The number of nitrogens with zero attached hydrogens (tertiary/aromatic N) is 2. The van der Waals surface area contributed by atoms with Gasteiger partial charge in [-0.3, -0.25) is 4.68 Å². The zero-order valence-electron chi connectivity index (χ0n) is 8.54. The molecule has 0 aromatic carbocycles. The molecule has 1 aromatic heterocycles. The van der Waals surface area contributed by atoms with Crippen molar-refractivity contribution in [2.45, 2.75) is 26.3 Å². The SMILES string of the molecule is C=CC(C)Nc1cn(C)nc1CC. The van der Waals surface area contributed by atoms with Gasteiger partial charge in [0.1, 0.15) is 0 Å². The van der Waals surface area contributed by atoms with Crippen LogP contribution in [0.25, 0.3) is 0 Å². The molecule has 0 saturated carbocycles. The second kappa shape index (κ2) is 4.12. The first-order valence-corrected chi connectivity index (χ1v) is 4.59. The van der Waals surface area contributed by atoms with E-state index in [1.54, 1.807) is 0 Å². The van der Waals surface area contributed by atoms with Crippen molar-refractivity contribution in [3.8, 4) is 0 Å². The summed E-state index contributed by atoms with van der Waals surface area (Å²) in [5, 5.41) is 7.67. The van der Waals surface area contributed by atoms with Gasteiger partial charge in [0.15, 0.2) is 0 Å². The zero-order valence-corrected chi connectivity index (χ0v) is 8.54. The van der Waals surface area contributed by atoms with Crippen LogP contribution in [0.2, 0.25) is 0 Å². The minimum absolute atomic E-state index is 0.287. The van der Waals surface area contributed by atoms with E-state index >= 15 is 0 Å². The summed E-state index contributed by atoms with van der Waals surface area (Å²) in [6, 6.07) is 0.287. The van der Waals surface area contributed by atoms with Crippen LogP contribution in [0, 0.1) is 0 Å². The van der Waals surface area contributed by atoms with Crippen LogP contribution in [0.15, 0.2) is 18.9 Å². The Hall–Kier alpha value is -1.25. The molecule has 1 heterocycles. The lowest BCUT2D eigenvalue weighted by Gasteiger charge is -2.09. The van der Waals surface area contributed by atoms with E-state index in [-0.39, 0.29) is 6.04 Å². The largest absolute Gasteiger partial charge is 0.376 e. The minimum Gasteiger partial charge on any atom is -0.376 e. The lowest BCUT2D eigenvalue weighted by atomic mass is 10.2. The van der Waals surface area contributed by atoms with Crippen LogP contribution < -0.4 is 5.32 Å². The predicted molar refractivity (Wildman–Crippen MR) is 55.9 cm³/mol. The van der Waals surface area contributed by atoms with E-state index in [2.05, 4.69) is 30.8 Å². The van der Waals surface area contributed by atoms with E-state index in [4.69, 9.17) is 0 Å². The Labute approximate surface area is 79.5 Å². The van der Waals surface area contributed by atoms with E-state index < -0.39 is 0 Å². The van der Waals surface area contributed by atoms with Crippen molar-refractivity contribution < 1.29 is 0 Å². The van der Waals surface area contributed by atoms with E-state index in [1.165, 1.54) is 0 Å². The first kappa shape index (κ1) is 9.84. The predicted octanol–water partition coefficient (Wildman–Crippen LogP) is 1.97. The topological polar surface area (TPSA) is 29.9 Å². The molecule has 1 unspecified atom stereocenters. The highest BCUT2D eigenvalue weighted by Crippen LogP contribution is 2.14. The summed E-state index contributed by atoms with van der Waals surface area (Å²) in [7, 11) is 1.93. The highest BCUT2D eigenvalue weighted by Gasteiger charge is 2.06. The van der Waals surface area contributed by atoms with Crippen molar-refractivity contribution in [1.29, 1.82) is 0 Å². The Morgan fingerprint density at radius 1 is 1.77 bits per heavy atom. The average molecular weight is 179 g/mol. The summed E-state index contributed by atoms with van der Waals surface area (Å²) in [5.74, 6) is 0. The summed E-state index contributed by atoms with van der Waals surface area (Å²) in [6.07, 6.45) is 4.83. The Morgan fingerprint density at radius 3 is 3.00 bits per heavy atom. The van der Waals surface area contributed by atoms with Crippen LogP contribution in [0.3, 0.4) is 0 Å². The number of nitrogens with one attached hydrogen (secondary N) is 1. The molecule has 1 aromatic rings. The molecule has 0 spiro atoms. The van der Waals surface area contributed by atoms with Gasteiger partial charge in [-0.1, -0.05) is 13.0 Å². The van der Waals surface area contributed by atoms with Gasteiger partial charge in [0.2, 0.25) is 0 Å². The Balaban J connectivity index is 2.80.